The fraction of sp³-hybridized carbons (Fsp3) is 0.455. The number of aromatic nitrogens is 2. The van der Waals surface area contributed by atoms with Gasteiger partial charge in [-0.3, -0.25) is 14.9 Å². The predicted molar refractivity (Wildman–Crippen MR) is 61.1 cm³/mol. The predicted octanol–water partition coefficient (Wildman–Crippen LogP) is 0.428. The number of hydrogen-bond acceptors (Lipinski definition) is 4. The Morgan fingerprint density at radius 3 is 2.41 bits per heavy atom. The minimum absolute atomic E-state index is 0.155. The van der Waals surface area contributed by atoms with Crippen LogP contribution < -0.4 is 5.32 Å². The number of carbonyl (C=O) groups is 2. The zero-order valence-corrected chi connectivity index (χ0v) is 9.43. The molecule has 1 N–H and O–H groups in total. The van der Waals surface area contributed by atoms with E-state index in [0.29, 0.717) is 13.1 Å². The van der Waals surface area contributed by atoms with Gasteiger partial charge in [-0.25, -0.2) is 9.97 Å². The van der Waals surface area contributed by atoms with Crippen molar-refractivity contribution in [3.63, 3.8) is 0 Å². The lowest BCUT2D eigenvalue weighted by molar-refractivity contribution is -0.143. The number of likely N-dealkylation sites (tertiary alicyclic amines) is 1. The van der Waals surface area contributed by atoms with Crippen molar-refractivity contribution in [3.8, 4) is 0 Å². The highest BCUT2D eigenvalue weighted by molar-refractivity contribution is 6.39. The molecule has 0 saturated carbocycles. The van der Waals surface area contributed by atoms with Gasteiger partial charge in [0.05, 0.1) is 0 Å². The third-order valence-electron chi connectivity index (χ3n) is 2.63. The van der Waals surface area contributed by atoms with Crippen LogP contribution in [0.2, 0.25) is 0 Å². The van der Waals surface area contributed by atoms with E-state index in [1.54, 1.807) is 11.0 Å². The van der Waals surface area contributed by atoms with Gasteiger partial charge in [-0.1, -0.05) is 0 Å². The van der Waals surface area contributed by atoms with Crippen LogP contribution in [-0.2, 0) is 9.59 Å². The first-order chi connectivity index (χ1) is 8.27. The number of amides is 2. The second-order valence-corrected chi connectivity index (χ2v) is 3.88. The molecule has 1 aromatic heterocycles. The van der Waals surface area contributed by atoms with Gasteiger partial charge in [0, 0.05) is 25.5 Å². The Balaban J connectivity index is 1.93. The van der Waals surface area contributed by atoms with Crippen LogP contribution >= 0.6 is 0 Å². The molecule has 1 aromatic rings. The lowest BCUT2D eigenvalue weighted by atomic mass is 10.1. The third kappa shape index (κ3) is 2.99. The summed E-state index contributed by atoms with van der Waals surface area (Å²) in [5, 5.41) is 2.39. The van der Waals surface area contributed by atoms with Gasteiger partial charge in [0.2, 0.25) is 5.95 Å². The Kier molecular flexibility index (Phi) is 3.64. The van der Waals surface area contributed by atoms with Gasteiger partial charge in [-0.15, -0.1) is 0 Å². The van der Waals surface area contributed by atoms with E-state index in [0.717, 1.165) is 19.3 Å². The van der Waals surface area contributed by atoms with Crippen LogP contribution in [0.25, 0.3) is 0 Å². The summed E-state index contributed by atoms with van der Waals surface area (Å²) in [5.74, 6) is -1.02. The first-order valence-corrected chi connectivity index (χ1v) is 5.64. The van der Waals surface area contributed by atoms with Crippen molar-refractivity contribution in [2.45, 2.75) is 19.3 Å². The van der Waals surface area contributed by atoms with E-state index in [-0.39, 0.29) is 5.95 Å². The summed E-state index contributed by atoms with van der Waals surface area (Å²) >= 11 is 0. The minimum Gasteiger partial charge on any atom is -0.334 e. The van der Waals surface area contributed by atoms with Crippen LogP contribution in [0, 0.1) is 0 Å². The zero-order valence-electron chi connectivity index (χ0n) is 9.43. The second kappa shape index (κ2) is 5.38. The van der Waals surface area contributed by atoms with Crippen LogP contribution in [0.4, 0.5) is 5.95 Å². The quantitative estimate of drug-likeness (QED) is 0.715. The van der Waals surface area contributed by atoms with E-state index in [1.807, 2.05) is 0 Å². The van der Waals surface area contributed by atoms with E-state index in [1.165, 1.54) is 12.4 Å². The molecular weight excluding hydrogens is 220 g/mol. The van der Waals surface area contributed by atoms with E-state index < -0.39 is 11.8 Å². The molecule has 2 amide bonds. The van der Waals surface area contributed by atoms with Gasteiger partial charge >= 0.3 is 11.8 Å². The van der Waals surface area contributed by atoms with E-state index >= 15 is 0 Å². The SMILES string of the molecule is O=C(Nc1ncccn1)C(=O)N1CCCCC1. The Bertz CT molecular complexity index is 401. The molecule has 6 nitrogen and oxygen atoms in total. The van der Waals surface area contributed by atoms with E-state index in [9.17, 15) is 9.59 Å². The van der Waals surface area contributed by atoms with Crippen LogP contribution in [0.3, 0.4) is 0 Å². The third-order valence-corrected chi connectivity index (χ3v) is 2.63. The number of nitrogens with zero attached hydrogens (tertiary/aromatic N) is 3. The van der Waals surface area contributed by atoms with Gasteiger partial charge in [0.15, 0.2) is 0 Å². The molecule has 90 valence electrons. The van der Waals surface area contributed by atoms with Crippen molar-refractivity contribution in [3.05, 3.63) is 18.5 Å². The van der Waals surface area contributed by atoms with Gasteiger partial charge in [0.25, 0.3) is 0 Å². The van der Waals surface area contributed by atoms with Crippen molar-refractivity contribution in [2.75, 3.05) is 18.4 Å². The zero-order chi connectivity index (χ0) is 12.1. The first kappa shape index (κ1) is 11.5. The molecule has 0 radical (unpaired) electrons. The normalized spacial score (nSPS) is 15.4. The molecule has 1 aliphatic heterocycles. The molecule has 0 unspecified atom stereocenters. The van der Waals surface area contributed by atoms with E-state index in [4.69, 9.17) is 0 Å². The fourth-order valence-electron chi connectivity index (χ4n) is 1.76. The molecule has 2 heterocycles. The van der Waals surface area contributed by atoms with Gasteiger partial charge < -0.3 is 4.90 Å². The monoisotopic (exact) mass is 234 g/mol. The van der Waals surface area contributed by atoms with Crippen LogP contribution in [-0.4, -0.2) is 39.8 Å². The van der Waals surface area contributed by atoms with Crippen LogP contribution in [0.1, 0.15) is 19.3 Å². The van der Waals surface area contributed by atoms with Crippen molar-refractivity contribution in [2.24, 2.45) is 0 Å². The fourth-order valence-corrected chi connectivity index (χ4v) is 1.76. The summed E-state index contributed by atoms with van der Waals surface area (Å²) in [6, 6.07) is 1.64. The summed E-state index contributed by atoms with van der Waals surface area (Å²) in [4.78, 5) is 32.6. The number of rotatable bonds is 1. The highest BCUT2D eigenvalue weighted by Crippen LogP contribution is 2.09. The van der Waals surface area contributed by atoms with Gasteiger partial charge in [0.1, 0.15) is 0 Å². The topological polar surface area (TPSA) is 75.2 Å². The lowest BCUT2D eigenvalue weighted by Gasteiger charge is -2.25. The number of nitrogens with one attached hydrogen (secondary N) is 1. The van der Waals surface area contributed by atoms with Gasteiger partial charge in [-0.2, -0.15) is 0 Å². The molecule has 0 aromatic carbocycles. The smallest absolute Gasteiger partial charge is 0.316 e. The molecule has 17 heavy (non-hydrogen) atoms. The summed E-state index contributed by atoms with van der Waals surface area (Å²) in [6.45, 7) is 1.31. The molecule has 1 saturated heterocycles. The molecule has 0 aliphatic carbocycles. The first-order valence-electron chi connectivity index (χ1n) is 5.64. The van der Waals surface area contributed by atoms with Crippen molar-refractivity contribution in [1.82, 2.24) is 14.9 Å². The van der Waals surface area contributed by atoms with Crippen LogP contribution in [0.5, 0.6) is 0 Å². The van der Waals surface area contributed by atoms with Crippen molar-refractivity contribution in [1.29, 1.82) is 0 Å². The summed E-state index contributed by atoms with van der Waals surface area (Å²) < 4.78 is 0. The molecule has 0 atom stereocenters. The Labute approximate surface area is 99.1 Å². The Morgan fingerprint density at radius 1 is 1.12 bits per heavy atom. The molecular formula is C11H14N4O2. The molecule has 0 spiro atoms. The molecule has 2 rings (SSSR count). The standard InChI is InChI=1S/C11H14N4O2/c16-9(14-11-12-5-4-6-13-11)10(17)15-7-2-1-3-8-15/h4-6H,1-3,7-8H2,(H,12,13,14,16). The number of hydrogen-bond donors (Lipinski definition) is 1. The maximum Gasteiger partial charge on any atom is 0.316 e. The average molecular weight is 234 g/mol. The van der Waals surface area contributed by atoms with Gasteiger partial charge in [-0.05, 0) is 25.3 Å². The highest BCUT2D eigenvalue weighted by atomic mass is 16.2. The largest absolute Gasteiger partial charge is 0.334 e. The molecule has 6 heteroatoms. The summed E-state index contributed by atoms with van der Waals surface area (Å²) in [5.41, 5.74) is 0. The lowest BCUT2D eigenvalue weighted by Crippen LogP contribution is -2.42. The van der Waals surface area contributed by atoms with Crippen molar-refractivity contribution >= 4 is 17.8 Å². The highest BCUT2D eigenvalue weighted by Gasteiger charge is 2.23. The second-order valence-electron chi connectivity index (χ2n) is 3.88. The Morgan fingerprint density at radius 2 is 1.76 bits per heavy atom. The summed E-state index contributed by atoms with van der Waals surface area (Å²) in [6.07, 6.45) is 6.05. The van der Waals surface area contributed by atoms with Crippen LogP contribution in [0.15, 0.2) is 18.5 Å². The maximum atomic E-state index is 11.8. The molecule has 1 aliphatic rings. The summed E-state index contributed by atoms with van der Waals surface area (Å²) in [7, 11) is 0. The minimum atomic E-state index is -0.668. The molecule has 0 bridgehead atoms. The van der Waals surface area contributed by atoms with E-state index in [2.05, 4.69) is 15.3 Å². The Hall–Kier alpha value is -1.98. The number of anilines is 1. The maximum absolute atomic E-state index is 11.8. The number of carbonyl (C=O) groups excluding carboxylic acids is 2. The average Bonchev–Trinajstić information content (AvgIpc) is 2.40. The van der Waals surface area contributed by atoms with Crippen molar-refractivity contribution < 1.29 is 9.59 Å². The number of piperidine rings is 1. The molecule has 1 fully saturated rings.